The molecule has 0 atom stereocenters. The Bertz CT molecular complexity index is 953. The highest BCUT2D eigenvalue weighted by atomic mass is 32.1. The number of pyridine rings is 1. The van der Waals surface area contributed by atoms with Crippen LogP contribution in [0.3, 0.4) is 0 Å². The minimum absolute atomic E-state index is 0.0294. The Hall–Kier alpha value is -2.72. The number of aromatic nitrogens is 1. The van der Waals surface area contributed by atoms with Gasteiger partial charge in [-0.2, -0.15) is 8.42 Å². The molecule has 2 rings (SSSR count). The van der Waals surface area contributed by atoms with Gasteiger partial charge in [0, 0.05) is 35.3 Å². The van der Waals surface area contributed by atoms with Gasteiger partial charge in [0.25, 0.3) is 5.56 Å². The second kappa shape index (κ2) is 10.00. The van der Waals surface area contributed by atoms with Crippen LogP contribution < -0.4 is 11.0 Å². The molecule has 0 aliphatic carbocycles. The largest absolute Gasteiger partial charge is 0.335 e. The zero-order valence-corrected chi connectivity index (χ0v) is 16.3. The number of hydrogen-bond acceptors (Lipinski definition) is 5. The molecular formula is C18H20F2N2O5S. The normalized spacial score (nSPS) is 10.6. The molecule has 1 heterocycles. The highest BCUT2D eigenvalue weighted by molar-refractivity contribution is 7.51. The lowest BCUT2D eigenvalue weighted by molar-refractivity contribution is -0.138. The minimum atomic E-state index is -0.939. The van der Waals surface area contributed by atoms with E-state index in [2.05, 4.69) is 0 Å². The van der Waals surface area contributed by atoms with Crippen LogP contribution in [0.15, 0.2) is 35.3 Å². The number of nitrogens with one attached hydrogen (secondary N) is 1. The van der Waals surface area contributed by atoms with Gasteiger partial charge in [-0.3, -0.25) is 14.8 Å². The fourth-order valence-corrected chi connectivity index (χ4v) is 2.45. The van der Waals surface area contributed by atoms with Crippen molar-refractivity contribution in [2.24, 2.45) is 5.41 Å². The van der Waals surface area contributed by atoms with Gasteiger partial charge in [-0.15, -0.1) is 0 Å². The molecule has 0 fully saturated rings. The molecule has 2 N–H and O–H groups in total. The van der Waals surface area contributed by atoms with Gasteiger partial charge >= 0.3 is 11.6 Å². The molecule has 0 bridgehead atoms. The average molecular weight is 414 g/mol. The van der Waals surface area contributed by atoms with Gasteiger partial charge in [-0.1, -0.05) is 32.0 Å². The first-order valence-electron chi connectivity index (χ1n) is 8.10. The van der Waals surface area contributed by atoms with Gasteiger partial charge in [0.05, 0.1) is 0 Å². The molecular weight excluding hydrogens is 394 g/mol. The van der Waals surface area contributed by atoms with Gasteiger partial charge in [-0.05, 0) is 18.9 Å². The van der Waals surface area contributed by atoms with Gasteiger partial charge < -0.3 is 4.57 Å². The van der Waals surface area contributed by atoms with Crippen molar-refractivity contribution in [1.29, 1.82) is 0 Å². The third-order valence-corrected chi connectivity index (χ3v) is 4.25. The number of benzene rings is 1. The van der Waals surface area contributed by atoms with Crippen molar-refractivity contribution in [3.63, 3.8) is 0 Å². The van der Waals surface area contributed by atoms with Gasteiger partial charge in [0.15, 0.2) is 0 Å². The summed E-state index contributed by atoms with van der Waals surface area (Å²) in [5.41, 5.74) is 0.413. The van der Waals surface area contributed by atoms with E-state index in [4.69, 9.17) is 13.6 Å². The van der Waals surface area contributed by atoms with Crippen LogP contribution in [0.4, 0.5) is 8.78 Å². The van der Waals surface area contributed by atoms with E-state index >= 15 is 0 Å². The predicted octanol–water partition coefficient (Wildman–Crippen LogP) is 2.35. The average Bonchev–Trinajstić information content (AvgIpc) is 2.64. The van der Waals surface area contributed by atoms with Crippen LogP contribution in [0.2, 0.25) is 0 Å². The fraction of sp³-hybridized carbons (Fsp3) is 0.333. The van der Waals surface area contributed by atoms with E-state index in [1.807, 2.05) is 0 Å². The number of amides is 1. The van der Waals surface area contributed by atoms with Crippen LogP contribution in [0.25, 0.3) is 11.1 Å². The molecule has 1 aromatic heterocycles. The van der Waals surface area contributed by atoms with Gasteiger partial charge in [0.2, 0.25) is 5.91 Å². The van der Waals surface area contributed by atoms with Crippen molar-refractivity contribution in [1.82, 2.24) is 10.0 Å². The second-order valence-corrected chi connectivity index (χ2v) is 6.78. The number of carbonyl (C=O) groups excluding carboxylic acids is 1. The van der Waals surface area contributed by atoms with Crippen LogP contribution in [-0.2, 0) is 22.9 Å². The lowest BCUT2D eigenvalue weighted by atomic mass is 9.88. The van der Waals surface area contributed by atoms with Crippen LogP contribution in [0.1, 0.15) is 25.8 Å². The number of hydrogen-bond donors (Lipinski definition) is 2. The molecule has 0 saturated carbocycles. The van der Waals surface area contributed by atoms with Gasteiger partial charge in [0.1, 0.15) is 11.6 Å². The Balaban J connectivity index is 0.00000122. The topological polar surface area (TPSA) is 105 Å². The SMILES string of the molecule is Cc1cccc(-c2cc(=O)n(CCC(C)(C)C(=O)NO)cc2F)c1F.O=S=O. The van der Waals surface area contributed by atoms with E-state index in [0.717, 1.165) is 16.8 Å². The Morgan fingerprint density at radius 2 is 1.86 bits per heavy atom. The first-order valence-corrected chi connectivity index (χ1v) is 8.77. The van der Waals surface area contributed by atoms with Crippen molar-refractivity contribution in [2.75, 3.05) is 0 Å². The minimum Gasteiger partial charge on any atom is -0.313 e. The highest BCUT2D eigenvalue weighted by Gasteiger charge is 2.27. The maximum Gasteiger partial charge on any atom is 0.335 e. The van der Waals surface area contributed by atoms with E-state index in [1.165, 1.54) is 6.07 Å². The lowest BCUT2D eigenvalue weighted by Crippen LogP contribution is -2.36. The molecule has 1 amide bonds. The molecule has 0 saturated heterocycles. The van der Waals surface area contributed by atoms with Crippen molar-refractivity contribution < 1.29 is 27.2 Å². The van der Waals surface area contributed by atoms with Crippen LogP contribution in [0.5, 0.6) is 0 Å². The summed E-state index contributed by atoms with van der Waals surface area (Å²) in [6.07, 6.45) is 1.21. The number of nitrogens with zero attached hydrogens (tertiary/aromatic N) is 1. The predicted molar refractivity (Wildman–Crippen MR) is 98.0 cm³/mol. The van der Waals surface area contributed by atoms with Crippen molar-refractivity contribution in [2.45, 2.75) is 33.7 Å². The standard InChI is InChI=1S/C18H20F2N2O3.O2S/c1-11-5-4-6-12(16(11)20)13-9-15(23)22(10-14(13)19)8-7-18(2,3)17(24)21-25;1-3-2/h4-6,9-10,25H,7-8H2,1-3H3,(H,21,24);. The van der Waals surface area contributed by atoms with E-state index in [0.29, 0.717) is 5.56 Å². The summed E-state index contributed by atoms with van der Waals surface area (Å²) in [7, 11) is 0. The van der Waals surface area contributed by atoms with E-state index in [9.17, 15) is 18.4 Å². The zero-order valence-electron chi connectivity index (χ0n) is 15.5. The number of carbonyl (C=O) groups is 1. The van der Waals surface area contributed by atoms with Gasteiger partial charge in [-0.25, -0.2) is 14.3 Å². The van der Waals surface area contributed by atoms with E-state index < -0.39 is 40.1 Å². The summed E-state index contributed by atoms with van der Waals surface area (Å²) >= 11 is -0.750. The second-order valence-electron chi connectivity index (χ2n) is 6.65. The molecule has 10 heteroatoms. The molecule has 7 nitrogen and oxygen atoms in total. The Morgan fingerprint density at radius 1 is 1.25 bits per heavy atom. The van der Waals surface area contributed by atoms with Crippen LogP contribution in [-0.4, -0.2) is 24.1 Å². The quantitative estimate of drug-likeness (QED) is 0.577. The molecule has 0 aliphatic rings. The summed E-state index contributed by atoms with van der Waals surface area (Å²) in [4.78, 5) is 23.8. The van der Waals surface area contributed by atoms with E-state index in [1.54, 1.807) is 38.4 Å². The molecule has 0 radical (unpaired) electrons. The monoisotopic (exact) mass is 414 g/mol. The molecule has 152 valence electrons. The van der Waals surface area contributed by atoms with Crippen LogP contribution in [0, 0.1) is 24.0 Å². The number of hydroxylamine groups is 1. The molecule has 2 aromatic rings. The summed E-state index contributed by atoms with van der Waals surface area (Å²) < 4.78 is 46.3. The first-order chi connectivity index (χ1) is 13.1. The third-order valence-electron chi connectivity index (χ3n) is 4.25. The number of aryl methyl sites for hydroxylation is 2. The Labute approximate surface area is 163 Å². The first kappa shape index (κ1) is 23.3. The van der Waals surface area contributed by atoms with E-state index in [-0.39, 0.29) is 24.1 Å². The van der Waals surface area contributed by atoms with Crippen molar-refractivity contribution in [3.8, 4) is 11.1 Å². The zero-order chi connectivity index (χ0) is 21.5. The smallest absolute Gasteiger partial charge is 0.313 e. The Kier molecular flexibility index (Phi) is 8.33. The molecule has 0 spiro atoms. The lowest BCUT2D eigenvalue weighted by Gasteiger charge is -2.22. The summed E-state index contributed by atoms with van der Waals surface area (Å²) in [6.45, 7) is 4.83. The van der Waals surface area contributed by atoms with Crippen molar-refractivity contribution in [3.05, 3.63) is 58.0 Å². The molecule has 0 unspecified atom stereocenters. The highest BCUT2D eigenvalue weighted by Crippen LogP contribution is 2.26. The van der Waals surface area contributed by atoms with Crippen molar-refractivity contribution >= 4 is 17.5 Å². The molecule has 0 aliphatic heterocycles. The fourth-order valence-electron chi connectivity index (χ4n) is 2.45. The Morgan fingerprint density at radius 3 is 2.43 bits per heavy atom. The maximum absolute atomic E-state index is 14.4. The number of rotatable bonds is 5. The van der Waals surface area contributed by atoms with Crippen LogP contribution >= 0.6 is 0 Å². The molecule has 1 aromatic carbocycles. The summed E-state index contributed by atoms with van der Waals surface area (Å²) in [6, 6.07) is 5.62. The summed E-state index contributed by atoms with van der Waals surface area (Å²) in [5.74, 6) is -1.90. The maximum atomic E-state index is 14.4. The summed E-state index contributed by atoms with van der Waals surface area (Å²) in [5, 5.41) is 8.71. The molecule has 28 heavy (non-hydrogen) atoms. The third kappa shape index (κ3) is 5.64. The number of halogens is 2.